The smallest absolute Gasteiger partial charge is 0.337 e. The fourth-order valence-corrected chi connectivity index (χ4v) is 3.51. The molecule has 114 valence electrons. The highest BCUT2D eigenvalue weighted by atomic mass is 32.2. The molecule has 6 nitrogen and oxygen atoms in total. The molecule has 1 heterocycles. The fourth-order valence-electron chi connectivity index (χ4n) is 2.17. The van der Waals surface area contributed by atoms with E-state index in [1.54, 1.807) is 16.4 Å². The van der Waals surface area contributed by atoms with Crippen molar-refractivity contribution in [2.24, 2.45) is 0 Å². The zero-order valence-corrected chi connectivity index (χ0v) is 12.8. The number of carbonyl (C=O) groups excluding carboxylic acids is 2. The number of hydrogen-bond acceptors (Lipinski definition) is 5. The van der Waals surface area contributed by atoms with Crippen molar-refractivity contribution in [2.75, 3.05) is 30.8 Å². The molecule has 1 saturated heterocycles. The van der Waals surface area contributed by atoms with Gasteiger partial charge in [0.2, 0.25) is 0 Å². The molecule has 0 saturated carbocycles. The predicted molar refractivity (Wildman–Crippen MR) is 78.7 cm³/mol. The summed E-state index contributed by atoms with van der Waals surface area (Å²) >= 11 is 0. The number of ether oxygens (including phenoxy) is 2. The first-order valence-corrected chi connectivity index (χ1v) is 7.82. The third kappa shape index (κ3) is 3.41. The number of carbonyl (C=O) groups is 2. The van der Waals surface area contributed by atoms with E-state index in [1.165, 1.54) is 20.3 Å². The zero-order chi connectivity index (χ0) is 15.4. The summed E-state index contributed by atoms with van der Waals surface area (Å²) in [6, 6.07) is 4.58. The van der Waals surface area contributed by atoms with Gasteiger partial charge in [-0.15, -0.1) is 0 Å². The average molecular weight is 311 g/mol. The maximum atomic E-state index is 12.1. The maximum absolute atomic E-state index is 12.1. The molecule has 1 atom stereocenters. The third-order valence-electron chi connectivity index (χ3n) is 3.22. The Hall–Kier alpha value is -1.89. The van der Waals surface area contributed by atoms with Gasteiger partial charge in [-0.05, 0) is 31.0 Å². The second kappa shape index (κ2) is 6.71. The van der Waals surface area contributed by atoms with Crippen LogP contribution >= 0.6 is 0 Å². The molecule has 1 aromatic carbocycles. The molecular formula is C14H17NO5S. The van der Waals surface area contributed by atoms with E-state index >= 15 is 0 Å². The van der Waals surface area contributed by atoms with Crippen LogP contribution in [0, 0.1) is 0 Å². The highest BCUT2D eigenvalue weighted by Crippen LogP contribution is 2.25. The summed E-state index contributed by atoms with van der Waals surface area (Å²) < 4.78 is 23.2. The lowest BCUT2D eigenvalue weighted by molar-refractivity contribution is 0.0599. The summed E-state index contributed by atoms with van der Waals surface area (Å²) in [6.07, 6.45) is 1.82. The molecule has 0 aromatic heterocycles. The van der Waals surface area contributed by atoms with Crippen molar-refractivity contribution in [3.05, 3.63) is 29.3 Å². The Labute approximate surface area is 125 Å². The van der Waals surface area contributed by atoms with E-state index in [0.29, 0.717) is 18.0 Å². The van der Waals surface area contributed by atoms with E-state index in [2.05, 4.69) is 9.47 Å². The standard InChI is InChI=1S/C14H17NO5S/c1-19-13(16)10-7-11(14(17)20-2)9-12(8-10)15-5-3-4-6-21(15)18/h7-9H,3-6H2,1-2H3. The van der Waals surface area contributed by atoms with Crippen molar-refractivity contribution < 1.29 is 23.3 Å². The molecule has 0 N–H and O–H groups in total. The molecule has 1 aliphatic rings. The van der Waals surface area contributed by atoms with E-state index in [0.717, 1.165) is 12.8 Å². The number of anilines is 1. The Bertz CT molecular complexity index is 552. The lowest BCUT2D eigenvalue weighted by Crippen LogP contribution is -2.33. The minimum Gasteiger partial charge on any atom is -0.465 e. The number of hydrogen-bond donors (Lipinski definition) is 0. The first kappa shape index (κ1) is 15.5. The number of nitrogens with zero attached hydrogens (tertiary/aromatic N) is 1. The van der Waals surface area contributed by atoms with Crippen molar-refractivity contribution >= 4 is 28.6 Å². The fraction of sp³-hybridized carbons (Fsp3) is 0.429. The summed E-state index contributed by atoms with van der Waals surface area (Å²) in [5.41, 5.74) is 1.03. The first-order chi connectivity index (χ1) is 10.1. The Morgan fingerprint density at radius 2 is 1.62 bits per heavy atom. The van der Waals surface area contributed by atoms with Crippen molar-refractivity contribution in [3.8, 4) is 0 Å². The average Bonchev–Trinajstić information content (AvgIpc) is 2.53. The lowest BCUT2D eigenvalue weighted by atomic mass is 10.1. The molecule has 0 bridgehead atoms. The van der Waals surface area contributed by atoms with E-state index in [-0.39, 0.29) is 11.1 Å². The van der Waals surface area contributed by atoms with E-state index in [1.807, 2.05) is 0 Å². The minimum atomic E-state index is -1.15. The van der Waals surface area contributed by atoms with Gasteiger partial charge in [0.15, 0.2) is 0 Å². The number of benzene rings is 1. The van der Waals surface area contributed by atoms with Gasteiger partial charge in [0, 0.05) is 12.3 Å². The minimum absolute atomic E-state index is 0.234. The predicted octanol–water partition coefficient (Wildman–Crippen LogP) is 1.52. The van der Waals surface area contributed by atoms with Crippen molar-refractivity contribution in [1.29, 1.82) is 0 Å². The normalized spacial score (nSPS) is 18.2. The lowest BCUT2D eigenvalue weighted by Gasteiger charge is -2.27. The molecule has 2 rings (SSSR count). The van der Waals surface area contributed by atoms with E-state index in [9.17, 15) is 13.8 Å². The second-order valence-corrected chi connectivity index (χ2v) is 6.08. The summed E-state index contributed by atoms with van der Waals surface area (Å²) in [5, 5.41) is 0. The first-order valence-electron chi connectivity index (χ1n) is 6.54. The van der Waals surface area contributed by atoms with Crippen molar-refractivity contribution in [1.82, 2.24) is 0 Å². The van der Waals surface area contributed by atoms with Crippen molar-refractivity contribution in [3.63, 3.8) is 0 Å². The van der Waals surface area contributed by atoms with Crippen LogP contribution in [-0.4, -0.2) is 42.7 Å². The van der Waals surface area contributed by atoms with Gasteiger partial charge in [0.05, 0.1) is 31.0 Å². The van der Waals surface area contributed by atoms with Crippen molar-refractivity contribution in [2.45, 2.75) is 12.8 Å². The van der Waals surface area contributed by atoms with E-state index < -0.39 is 22.9 Å². The van der Waals surface area contributed by atoms with Gasteiger partial charge in [0.25, 0.3) is 0 Å². The number of rotatable bonds is 3. The van der Waals surface area contributed by atoms with Gasteiger partial charge in [-0.25, -0.2) is 13.8 Å². The molecule has 0 spiro atoms. The molecule has 0 radical (unpaired) electrons. The molecule has 1 aromatic rings. The molecule has 1 unspecified atom stereocenters. The molecular weight excluding hydrogens is 294 g/mol. The SMILES string of the molecule is COC(=O)c1cc(C(=O)OC)cc(N2CCCCS2=O)c1. The largest absolute Gasteiger partial charge is 0.465 e. The van der Waals surface area contributed by atoms with Gasteiger partial charge in [0.1, 0.15) is 11.0 Å². The Morgan fingerprint density at radius 1 is 1.05 bits per heavy atom. The third-order valence-corrected chi connectivity index (χ3v) is 4.75. The monoisotopic (exact) mass is 311 g/mol. The van der Waals surface area contributed by atoms with Crippen LogP contribution in [0.1, 0.15) is 33.6 Å². The van der Waals surface area contributed by atoms with Gasteiger partial charge in [-0.1, -0.05) is 0 Å². The summed E-state index contributed by atoms with van der Waals surface area (Å²) in [4.78, 5) is 23.4. The van der Waals surface area contributed by atoms with Crippen LogP contribution in [0.2, 0.25) is 0 Å². The maximum Gasteiger partial charge on any atom is 0.337 e. The van der Waals surface area contributed by atoms with Gasteiger partial charge >= 0.3 is 11.9 Å². The number of esters is 2. The van der Waals surface area contributed by atoms with Crippen LogP contribution in [0.5, 0.6) is 0 Å². The van der Waals surface area contributed by atoms with Crippen LogP contribution in [0.3, 0.4) is 0 Å². The molecule has 0 aliphatic carbocycles. The highest BCUT2D eigenvalue weighted by molar-refractivity contribution is 7.86. The zero-order valence-electron chi connectivity index (χ0n) is 12.0. The van der Waals surface area contributed by atoms with Gasteiger partial charge < -0.3 is 9.47 Å². The summed E-state index contributed by atoms with van der Waals surface area (Å²) in [7, 11) is 1.39. The van der Waals surface area contributed by atoms with E-state index in [4.69, 9.17) is 0 Å². The molecule has 21 heavy (non-hydrogen) atoms. The Morgan fingerprint density at radius 3 is 2.10 bits per heavy atom. The van der Waals surface area contributed by atoms with Gasteiger partial charge in [-0.3, -0.25) is 4.31 Å². The molecule has 1 fully saturated rings. The van der Waals surface area contributed by atoms with Crippen LogP contribution in [0.25, 0.3) is 0 Å². The van der Waals surface area contributed by atoms with Crippen LogP contribution < -0.4 is 4.31 Å². The highest BCUT2D eigenvalue weighted by Gasteiger charge is 2.22. The van der Waals surface area contributed by atoms with Gasteiger partial charge in [-0.2, -0.15) is 0 Å². The quantitative estimate of drug-likeness (QED) is 0.791. The van der Waals surface area contributed by atoms with Crippen LogP contribution in [0.4, 0.5) is 5.69 Å². The second-order valence-electron chi connectivity index (χ2n) is 4.59. The molecule has 0 amide bonds. The topological polar surface area (TPSA) is 72.9 Å². The summed E-state index contributed by atoms with van der Waals surface area (Å²) in [6.45, 7) is 0.623. The summed E-state index contributed by atoms with van der Waals surface area (Å²) in [5.74, 6) is -0.523. The van der Waals surface area contributed by atoms with Crippen LogP contribution in [-0.2, 0) is 20.5 Å². The Kier molecular flexibility index (Phi) is 4.95. The number of methoxy groups -OCH3 is 2. The molecule has 1 aliphatic heterocycles. The molecule has 7 heteroatoms. The Balaban J connectivity index is 2.46. The van der Waals surface area contributed by atoms with Crippen LogP contribution in [0.15, 0.2) is 18.2 Å².